The van der Waals surface area contributed by atoms with Gasteiger partial charge in [0.1, 0.15) is 0 Å². The topological polar surface area (TPSA) is 116 Å². The van der Waals surface area contributed by atoms with E-state index in [1.807, 2.05) is 6.92 Å². The van der Waals surface area contributed by atoms with Crippen LogP contribution >= 0.6 is 11.6 Å². The number of pyridine rings is 1. The molecule has 0 aliphatic heterocycles. The zero-order valence-electron chi connectivity index (χ0n) is 15.0. The normalized spacial score (nSPS) is 12.5. The summed E-state index contributed by atoms with van der Waals surface area (Å²) in [5.74, 6) is -1.57. The van der Waals surface area contributed by atoms with Gasteiger partial charge in [0.05, 0.1) is 10.8 Å². The van der Waals surface area contributed by atoms with E-state index < -0.39 is 21.8 Å². The number of amides is 1. The highest BCUT2D eigenvalue weighted by atomic mass is 35.5. The Bertz CT molecular complexity index is 1150. The first-order chi connectivity index (χ1) is 13.2. The maximum Gasteiger partial charge on any atom is 0.238 e. The van der Waals surface area contributed by atoms with Gasteiger partial charge in [0.25, 0.3) is 0 Å². The fourth-order valence-corrected chi connectivity index (χ4v) is 4.06. The van der Waals surface area contributed by atoms with E-state index in [1.165, 1.54) is 6.07 Å². The predicted molar refractivity (Wildman–Crippen MR) is 108 cm³/mol. The number of hydrogen-bond acceptors (Lipinski definition) is 4. The minimum atomic E-state index is -4.08. The molecule has 6 nitrogen and oxygen atoms in total. The first-order valence-electron chi connectivity index (χ1n) is 8.32. The van der Waals surface area contributed by atoms with E-state index in [-0.39, 0.29) is 4.90 Å². The van der Waals surface area contributed by atoms with Gasteiger partial charge in [-0.25, -0.2) is 13.6 Å². The highest BCUT2D eigenvalue weighted by Gasteiger charge is 2.25. The van der Waals surface area contributed by atoms with Crippen LogP contribution in [-0.4, -0.2) is 19.3 Å². The van der Waals surface area contributed by atoms with E-state index in [0.717, 1.165) is 5.69 Å². The van der Waals surface area contributed by atoms with Gasteiger partial charge >= 0.3 is 0 Å². The van der Waals surface area contributed by atoms with Crippen LogP contribution in [0.4, 0.5) is 0 Å². The molecule has 3 aromatic rings. The molecular weight excluding hydrogens is 398 g/mol. The quantitative estimate of drug-likeness (QED) is 0.666. The number of benzene rings is 2. The molecule has 0 saturated heterocycles. The van der Waals surface area contributed by atoms with Crippen LogP contribution in [0.1, 0.15) is 22.7 Å². The van der Waals surface area contributed by atoms with Crippen LogP contribution in [0.5, 0.6) is 0 Å². The fourth-order valence-electron chi connectivity index (χ4n) is 3.03. The number of nitrogens with two attached hydrogens (primary N) is 2. The van der Waals surface area contributed by atoms with Crippen LogP contribution in [0.3, 0.4) is 0 Å². The summed E-state index contributed by atoms with van der Waals surface area (Å²) in [6, 6.07) is 14.9. The minimum Gasteiger partial charge on any atom is -0.369 e. The van der Waals surface area contributed by atoms with Crippen molar-refractivity contribution in [2.45, 2.75) is 17.7 Å². The van der Waals surface area contributed by atoms with Crippen molar-refractivity contribution in [3.8, 4) is 11.1 Å². The largest absolute Gasteiger partial charge is 0.369 e. The third-order valence-corrected chi connectivity index (χ3v) is 5.66. The minimum absolute atomic E-state index is 0.117. The van der Waals surface area contributed by atoms with Gasteiger partial charge in [0.2, 0.25) is 15.9 Å². The Morgan fingerprint density at radius 3 is 2.39 bits per heavy atom. The molecule has 0 fully saturated rings. The lowest BCUT2D eigenvalue weighted by atomic mass is 9.89. The Morgan fingerprint density at radius 2 is 1.82 bits per heavy atom. The zero-order valence-corrected chi connectivity index (χ0v) is 16.5. The van der Waals surface area contributed by atoms with Gasteiger partial charge < -0.3 is 5.73 Å². The second-order valence-electron chi connectivity index (χ2n) is 6.35. The number of nitrogens with zero attached hydrogens (tertiary/aromatic N) is 1. The van der Waals surface area contributed by atoms with Gasteiger partial charge in [-0.2, -0.15) is 0 Å². The third-order valence-electron chi connectivity index (χ3n) is 4.37. The van der Waals surface area contributed by atoms with Crippen LogP contribution in [0.25, 0.3) is 11.1 Å². The van der Waals surface area contributed by atoms with Gasteiger partial charge in [-0.15, -0.1) is 0 Å². The second kappa shape index (κ2) is 7.71. The summed E-state index contributed by atoms with van der Waals surface area (Å²) >= 11 is 6.23. The van der Waals surface area contributed by atoms with Crippen molar-refractivity contribution in [3.05, 3.63) is 82.6 Å². The van der Waals surface area contributed by atoms with Crippen LogP contribution < -0.4 is 10.9 Å². The monoisotopic (exact) mass is 415 g/mol. The molecule has 0 aliphatic rings. The summed E-state index contributed by atoms with van der Waals surface area (Å²) in [6.45, 7) is 1.83. The third kappa shape index (κ3) is 4.06. The molecule has 8 heteroatoms. The van der Waals surface area contributed by atoms with Gasteiger partial charge in [0, 0.05) is 28.0 Å². The number of aryl methyl sites for hydroxylation is 1. The molecule has 0 bridgehead atoms. The molecule has 0 saturated carbocycles. The van der Waals surface area contributed by atoms with Crippen LogP contribution in [0, 0.1) is 6.92 Å². The molecule has 0 aliphatic carbocycles. The van der Waals surface area contributed by atoms with Gasteiger partial charge in [-0.05, 0) is 36.2 Å². The Hall–Kier alpha value is -2.74. The van der Waals surface area contributed by atoms with Gasteiger partial charge in [0.15, 0.2) is 0 Å². The maximum atomic E-state index is 12.3. The number of halogens is 1. The van der Waals surface area contributed by atoms with Crippen LogP contribution in [0.15, 0.2) is 65.7 Å². The molecule has 4 N–H and O–H groups in total. The lowest BCUT2D eigenvalue weighted by Gasteiger charge is -2.18. The number of carbonyl (C=O) groups excluding carboxylic acids is 1. The van der Waals surface area contributed by atoms with Crippen molar-refractivity contribution in [2.75, 3.05) is 0 Å². The lowest BCUT2D eigenvalue weighted by molar-refractivity contribution is -0.118. The molecule has 28 heavy (non-hydrogen) atoms. The maximum absolute atomic E-state index is 12.3. The summed E-state index contributed by atoms with van der Waals surface area (Å²) in [4.78, 5) is 16.3. The number of aromatic nitrogens is 1. The smallest absolute Gasteiger partial charge is 0.238 e. The van der Waals surface area contributed by atoms with E-state index in [9.17, 15) is 13.2 Å². The number of primary amides is 1. The van der Waals surface area contributed by atoms with Crippen LogP contribution in [0.2, 0.25) is 5.02 Å². The summed E-state index contributed by atoms with van der Waals surface area (Å²) in [7, 11) is -4.08. The Labute approximate surface area is 168 Å². The summed E-state index contributed by atoms with van der Waals surface area (Å²) in [5, 5.41) is 5.80. The molecule has 1 atom stereocenters. The molecule has 1 amide bonds. The number of primary sulfonamides is 1. The van der Waals surface area contributed by atoms with Crippen molar-refractivity contribution in [1.82, 2.24) is 4.98 Å². The van der Waals surface area contributed by atoms with Crippen LogP contribution in [-0.2, 0) is 14.8 Å². The van der Waals surface area contributed by atoms with Gasteiger partial charge in [-0.3, -0.25) is 9.78 Å². The molecule has 144 valence electrons. The first-order valence-corrected chi connectivity index (χ1v) is 10.2. The van der Waals surface area contributed by atoms with Crippen molar-refractivity contribution in [1.29, 1.82) is 0 Å². The SMILES string of the molecule is Cc1ccc(-c2ccc(C(C(N)=O)c3ccccc3Cl)cc2S(N)(=O)=O)cn1. The number of carbonyl (C=O) groups is 1. The highest BCUT2D eigenvalue weighted by molar-refractivity contribution is 7.89. The van der Waals surface area contributed by atoms with E-state index in [1.54, 1.807) is 54.7 Å². The molecule has 0 radical (unpaired) electrons. The van der Waals surface area contributed by atoms with Crippen molar-refractivity contribution in [3.63, 3.8) is 0 Å². The predicted octanol–water partition coefficient (Wildman–Crippen LogP) is 2.98. The summed E-state index contributed by atoms with van der Waals surface area (Å²) in [6.07, 6.45) is 1.57. The average Bonchev–Trinajstić information content (AvgIpc) is 2.63. The number of sulfonamides is 1. The lowest BCUT2D eigenvalue weighted by Crippen LogP contribution is -2.23. The molecule has 1 aromatic heterocycles. The molecule has 1 unspecified atom stereocenters. The van der Waals surface area contributed by atoms with Crippen molar-refractivity contribution in [2.24, 2.45) is 10.9 Å². The number of hydrogen-bond donors (Lipinski definition) is 2. The Kier molecular flexibility index (Phi) is 5.51. The Balaban J connectivity index is 2.22. The molecule has 2 aromatic carbocycles. The molecule has 3 rings (SSSR count). The van der Waals surface area contributed by atoms with Crippen molar-refractivity contribution >= 4 is 27.5 Å². The van der Waals surface area contributed by atoms with E-state index in [2.05, 4.69) is 4.98 Å². The second-order valence-corrected chi connectivity index (χ2v) is 8.28. The Morgan fingerprint density at radius 1 is 1.11 bits per heavy atom. The zero-order chi connectivity index (χ0) is 20.5. The summed E-state index contributed by atoms with van der Waals surface area (Å²) in [5.41, 5.74) is 8.26. The van der Waals surface area contributed by atoms with E-state index in [0.29, 0.717) is 27.3 Å². The van der Waals surface area contributed by atoms with Gasteiger partial charge in [-0.1, -0.05) is 48.0 Å². The number of rotatable bonds is 5. The van der Waals surface area contributed by atoms with E-state index in [4.69, 9.17) is 22.5 Å². The highest BCUT2D eigenvalue weighted by Crippen LogP contribution is 2.34. The average molecular weight is 416 g/mol. The molecular formula is C20H18ClN3O3S. The van der Waals surface area contributed by atoms with E-state index >= 15 is 0 Å². The first kappa shape index (κ1) is 20.0. The fraction of sp³-hybridized carbons (Fsp3) is 0.100. The summed E-state index contributed by atoms with van der Waals surface area (Å²) < 4.78 is 24.5. The van der Waals surface area contributed by atoms with Crippen molar-refractivity contribution < 1.29 is 13.2 Å². The standard InChI is InChI=1S/C20H18ClN3O3S/c1-12-6-7-14(11-24-12)15-9-8-13(10-18(15)28(23,26)27)19(20(22)25)16-4-2-3-5-17(16)21/h2-11,19H,1H3,(H2,22,25)(H2,23,26,27). The molecule has 0 spiro atoms. The molecule has 1 heterocycles.